The maximum absolute atomic E-state index is 13.3. The predicted molar refractivity (Wildman–Crippen MR) is 123 cm³/mol. The van der Waals surface area contributed by atoms with Crippen molar-refractivity contribution in [1.29, 1.82) is 0 Å². The molecular formula is C25H26FN5O2. The minimum atomic E-state index is -0.273. The Bertz CT molecular complexity index is 1240. The number of furan rings is 1. The first kappa shape index (κ1) is 21.2. The topological polar surface area (TPSA) is 75.7 Å². The summed E-state index contributed by atoms with van der Waals surface area (Å²) in [6, 6.07) is 14.0. The molecule has 1 fully saturated rings. The molecule has 0 radical (unpaired) electrons. The Morgan fingerprint density at radius 2 is 1.97 bits per heavy atom. The standard InChI is InChI=1S/C25H26FN5O2/c1-17-15-24(31-23(28-17)16-22(29-31)18-4-6-20(26)7-5-18)30-12-9-19(10-13-30)25(32)27-11-8-21-3-2-14-33-21/h2-7,14-16,19H,8-13H2,1H3,(H,27,32). The van der Waals surface area contributed by atoms with Gasteiger partial charge in [-0.25, -0.2) is 9.37 Å². The average Bonchev–Trinajstić information content (AvgIpc) is 3.49. The van der Waals surface area contributed by atoms with Gasteiger partial charge in [-0.1, -0.05) is 0 Å². The third-order valence-electron chi connectivity index (χ3n) is 6.12. The summed E-state index contributed by atoms with van der Waals surface area (Å²) in [6.07, 6.45) is 3.90. The van der Waals surface area contributed by atoms with Gasteiger partial charge in [0, 0.05) is 55.4 Å². The minimum Gasteiger partial charge on any atom is -0.469 e. The highest BCUT2D eigenvalue weighted by atomic mass is 19.1. The van der Waals surface area contributed by atoms with E-state index in [0.717, 1.165) is 60.1 Å². The van der Waals surface area contributed by atoms with Gasteiger partial charge in [0.1, 0.15) is 17.4 Å². The van der Waals surface area contributed by atoms with Crippen molar-refractivity contribution in [3.05, 3.63) is 72.1 Å². The Balaban J connectivity index is 1.27. The van der Waals surface area contributed by atoms with Gasteiger partial charge in [-0.2, -0.15) is 9.61 Å². The van der Waals surface area contributed by atoms with Crippen LogP contribution in [-0.4, -0.2) is 40.1 Å². The summed E-state index contributed by atoms with van der Waals surface area (Å²) < 4.78 is 20.5. The molecule has 5 rings (SSSR count). The summed E-state index contributed by atoms with van der Waals surface area (Å²) in [6.45, 7) is 4.07. The first-order valence-corrected chi connectivity index (χ1v) is 11.3. The van der Waals surface area contributed by atoms with Crippen LogP contribution in [0, 0.1) is 18.7 Å². The van der Waals surface area contributed by atoms with Gasteiger partial charge in [0.25, 0.3) is 0 Å². The van der Waals surface area contributed by atoms with E-state index in [1.807, 2.05) is 35.7 Å². The molecule has 8 heteroatoms. The van der Waals surface area contributed by atoms with Crippen LogP contribution in [0.25, 0.3) is 16.9 Å². The van der Waals surface area contributed by atoms with Gasteiger partial charge in [-0.3, -0.25) is 4.79 Å². The van der Waals surface area contributed by atoms with Crippen molar-refractivity contribution in [3.8, 4) is 11.3 Å². The van der Waals surface area contributed by atoms with Crippen LogP contribution in [0.1, 0.15) is 24.3 Å². The number of benzene rings is 1. The molecule has 0 aliphatic carbocycles. The number of carbonyl (C=O) groups is 1. The van der Waals surface area contributed by atoms with E-state index in [4.69, 9.17) is 9.52 Å². The summed E-state index contributed by atoms with van der Waals surface area (Å²) in [5.74, 6) is 1.67. The van der Waals surface area contributed by atoms with E-state index in [0.29, 0.717) is 13.0 Å². The van der Waals surface area contributed by atoms with Crippen LogP contribution >= 0.6 is 0 Å². The maximum Gasteiger partial charge on any atom is 0.223 e. The summed E-state index contributed by atoms with van der Waals surface area (Å²) >= 11 is 0. The number of hydrogen-bond donors (Lipinski definition) is 1. The normalized spacial score (nSPS) is 14.7. The van der Waals surface area contributed by atoms with E-state index in [2.05, 4.69) is 15.2 Å². The molecule has 0 bridgehead atoms. The fraction of sp³-hybridized carbons (Fsp3) is 0.320. The first-order valence-electron chi connectivity index (χ1n) is 11.3. The molecule has 170 valence electrons. The van der Waals surface area contributed by atoms with E-state index in [-0.39, 0.29) is 17.6 Å². The predicted octanol–water partition coefficient (Wildman–Crippen LogP) is 4.01. The molecule has 4 aromatic rings. The van der Waals surface area contributed by atoms with Crippen LogP contribution in [0.3, 0.4) is 0 Å². The molecular weight excluding hydrogens is 421 g/mol. The SMILES string of the molecule is Cc1cc(N2CCC(C(=O)NCCc3ccco3)CC2)n2nc(-c3ccc(F)cc3)cc2n1. The van der Waals surface area contributed by atoms with Crippen LogP contribution < -0.4 is 10.2 Å². The van der Waals surface area contributed by atoms with Gasteiger partial charge < -0.3 is 14.6 Å². The largest absolute Gasteiger partial charge is 0.469 e. The second-order valence-electron chi connectivity index (χ2n) is 8.44. The third kappa shape index (κ3) is 4.60. The van der Waals surface area contributed by atoms with Gasteiger partial charge in [0.05, 0.1) is 12.0 Å². The highest BCUT2D eigenvalue weighted by Crippen LogP contribution is 2.27. The Labute approximate surface area is 191 Å². The van der Waals surface area contributed by atoms with Crippen molar-refractivity contribution >= 4 is 17.4 Å². The van der Waals surface area contributed by atoms with E-state index < -0.39 is 0 Å². The molecule has 0 unspecified atom stereocenters. The molecule has 4 heterocycles. The molecule has 0 spiro atoms. The number of fused-ring (bicyclic) bond motifs is 1. The van der Waals surface area contributed by atoms with Crippen LogP contribution in [-0.2, 0) is 11.2 Å². The van der Waals surface area contributed by atoms with Crippen molar-refractivity contribution < 1.29 is 13.6 Å². The smallest absolute Gasteiger partial charge is 0.223 e. The highest BCUT2D eigenvalue weighted by Gasteiger charge is 2.26. The molecule has 3 aromatic heterocycles. The van der Waals surface area contributed by atoms with E-state index in [9.17, 15) is 9.18 Å². The minimum absolute atomic E-state index is 0.00340. The second kappa shape index (κ2) is 9.05. The lowest BCUT2D eigenvalue weighted by Crippen LogP contribution is -2.41. The maximum atomic E-state index is 13.3. The lowest BCUT2D eigenvalue weighted by molar-refractivity contribution is -0.125. The lowest BCUT2D eigenvalue weighted by atomic mass is 9.96. The van der Waals surface area contributed by atoms with Crippen molar-refractivity contribution in [3.63, 3.8) is 0 Å². The Morgan fingerprint density at radius 1 is 1.18 bits per heavy atom. The zero-order chi connectivity index (χ0) is 22.8. The monoisotopic (exact) mass is 447 g/mol. The van der Waals surface area contributed by atoms with Crippen LogP contribution in [0.5, 0.6) is 0 Å². The average molecular weight is 448 g/mol. The van der Waals surface area contributed by atoms with Crippen molar-refractivity contribution in [2.75, 3.05) is 24.5 Å². The zero-order valence-electron chi connectivity index (χ0n) is 18.5. The number of halogens is 1. The van der Waals surface area contributed by atoms with Gasteiger partial charge in [-0.15, -0.1) is 0 Å². The van der Waals surface area contributed by atoms with Gasteiger partial charge >= 0.3 is 0 Å². The summed E-state index contributed by atoms with van der Waals surface area (Å²) in [4.78, 5) is 19.5. The van der Waals surface area contributed by atoms with Gasteiger partial charge in [0.2, 0.25) is 5.91 Å². The number of nitrogens with one attached hydrogen (secondary N) is 1. The number of carbonyl (C=O) groups excluding carboxylic acids is 1. The van der Waals surface area contributed by atoms with Crippen LogP contribution in [0.4, 0.5) is 10.2 Å². The van der Waals surface area contributed by atoms with Gasteiger partial charge in [-0.05, 0) is 56.2 Å². The van der Waals surface area contributed by atoms with Crippen molar-refractivity contribution in [2.45, 2.75) is 26.2 Å². The Morgan fingerprint density at radius 3 is 2.70 bits per heavy atom. The second-order valence-corrected chi connectivity index (χ2v) is 8.44. The molecule has 1 saturated heterocycles. The molecule has 7 nitrogen and oxygen atoms in total. The number of anilines is 1. The lowest BCUT2D eigenvalue weighted by Gasteiger charge is -2.33. The number of nitrogens with zero attached hydrogens (tertiary/aromatic N) is 4. The Hall–Kier alpha value is -3.68. The number of amides is 1. The number of piperidine rings is 1. The van der Waals surface area contributed by atoms with E-state index in [1.165, 1.54) is 12.1 Å². The molecule has 1 amide bonds. The number of aromatic nitrogens is 3. The summed E-state index contributed by atoms with van der Waals surface area (Å²) in [5, 5.41) is 7.79. The first-order chi connectivity index (χ1) is 16.1. The Kier molecular flexibility index (Phi) is 5.81. The van der Waals surface area contributed by atoms with Gasteiger partial charge in [0.15, 0.2) is 5.65 Å². The molecule has 1 aliphatic rings. The molecule has 33 heavy (non-hydrogen) atoms. The van der Waals surface area contributed by atoms with E-state index >= 15 is 0 Å². The molecule has 1 aromatic carbocycles. The highest BCUT2D eigenvalue weighted by molar-refractivity contribution is 5.79. The molecule has 0 atom stereocenters. The number of rotatable bonds is 6. The molecule has 0 saturated carbocycles. The summed E-state index contributed by atoms with van der Waals surface area (Å²) in [5.41, 5.74) is 3.25. The molecule has 1 aliphatic heterocycles. The van der Waals surface area contributed by atoms with Crippen molar-refractivity contribution in [2.24, 2.45) is 5.92 Å². The molecule has 1 N–H and O–H groups in total. The van der Waals surface area contributed by atoms with Crippen molar-refractivity contribution in [1.82, 2.24) is 19.9 Å². The number of aryl methyl sites for hydroxylation is 1. The fourth-order valence-electron chi connectivity index (χ4n) is 4.35. The van der Waals surface area contributed by atoms with Crippen LogP contribution in [0.2, 0.25) is 0 Å². The van der Waals surface area contributed by atoms with E-state index in [1.54, 1.807) is 18.4 Å². The third-order valence-corrected chi connectivity index (χ3v) is 6.12. The summed E-state index contributed by atoms with van der Waals surface area (Å²) in [7, 11) is 0. The fourth-order valence-corrected chi connectivity index (χ4v) is 4.35. The van der Waals surface area contributed by atoms with Crippen LogP contribution in [0.15, 0.2) is 59.2 Å². The quantitative estimate of drug-likeness (QED) is 0.483. The number of hydrogen-bond acceptors (Lipinski definition) is 5. The zero-order valence-corrected chi connectivity index (χ0v) is 18.5.